The topological polar surface area (TPSA) is 69.5 Å². The lowest BCUT2D eigenvalue weighted by Gasteiger charge is -2.35. The van der Waals surface area contributed by atoms with Gasteiger partial charge in [0.25, 0.3) is 0 Å². The molecule has 0 N–H and O–H groups in total. The Morgan fingerprint density at radius 2 is 2.00 bits per heavy atom. The lowest BCUT2D eigenvalue weighted by Crippen LogP contribution is -2.42. The van der Waals surface area contributed by atoms with Gasteiger partial charge in [0.1, 0.15) is 17.7 Å². The normalized spacial score (nSPS) is 23.7. The van der Waals surface area contributed by atoms with Crippen LogP contribution in [0, 0.1) is 11.3 Å². The molecule has 6 heteroatoms. The van der Waals surface area contributed by atoms with E-state index in [0.29, 0.717) is 23.9 Å². The maximum absolute atomic E-state index is 12.0. The Kier molecular flexibility index (Phi) is 4.58. The Bertz CT molecular complexity index is 747. The molecule has 4 heterocycles. The molecule has 6 nitrogen and oxygen atoms in total. The first-order valence-electron chi connectivity index (χ1n) is 9.71. The number of rotatable bonds is 3. The largest absolute Gasteiger partial charge is 0.473 e. The average molecular weight is 354 g/mol. The molecule has 1 atom stereocenters. The molecule has 0 spiro atoms. The van der Waals surface area contributed by atoms with Gasteiger partial charge in [0, 0.05) is 38.5 Å². The van der Waals surface area contributed by atoms with Crippen molar-refractivity contribution in [3.05, 3.63) is 22.9 Å². The highest BCUT2D eigenvalue weighted by molar-refractivity contribution is 5.79. The van der Waals surface area contributed by atoms with E-state index >= 15 is 0 Å². The zero-order chi connectivity index (χ0) is 18.3. The third-order valence-electron chi connectivity index (χ3n) is 5.98. The van der Waals surface area contributed by atoms with Crippen LogP contribution in [0.5, 0.6) is 5.88 Å². The van der Waals surface area contributed by atoms with Gasteiger partial charge in [-0.3, -0.25) is 4.79 Å². The number of piperidine rings is 1. The maximum Gasteiger partial charge on any atom is 0.232 e. The quantitative estimate of drug-likeness (QED) is 0.834. The number of hydrogen-bond donors (Lipinski definition) is 0. The van der Waals surface area contributed by atoms with Crippen molar-refractivity contribution in [1.82, 2.24) is 14.8 Å². The van der Waals surface area contributed by atoms with E-state index in [4.69, 9.17) is 9.72 Å². The number of carbonyl (C=O) groups is 1. The molecule has 1 unspecified atom stereocenters. The average Bonchev–Trinajstić information content (AvgIpc) is 3.03. The summed E-state index contributed by atoms with van der Waals surface area (Å²) < 4.78 is 6.16. The fraction of sp³-hybridized carbons (Fsp3) is 0.650. The van der Waals surface area contributed by atoms with Crippen LogP contribution in [0.25, 0.3) is 0 Å². The first-order valence-corrected chi connectivity index (χ1v) is 9.71. The van der Waals surface area contributed by atoms with Gasteiger partial charge in [0.15, 0.2) is 0 Å². The SMILES string of the molecule is CC(C)N1CCC(Oc2nc3c(cc2C#N)C2CCC(=O)N2CC3)CC1. The molecule has 1 amide bonds. The summed E-state index contributed by atoms with van der Waals surface area (Å²) in [5, 5.41) is 9.60. The van der Waals surface area contributed by atoms with Crippen LogP contribution < -0.4 is 4.74 Å². The monoisotopic (exact) mass is 354 g/mol. The standard InChI is InChI=1S/C20H26N4O2/c1-13(2)23-8-5-15(6-9-23)26-20-14(12-21)11-16-17(22-20)7-10-24-18(16)3-4-19(24)25/h11,13,15,18H,3-10H2,1-2H3. The zero-order valence-electron chi connectivity index (χ0n) is 15.6. The van der Waals surface area contributed by atoms with Crippen LogP contribution >= 0.6 is 0 Å². The molecule has 2 fully saturated rings. The number of fused-ring (bicyclic) bond motifs is 3. The molecule has 3 aliphatic heterocycles. The van der Waals surface area contributed by atoms with Crippen LogP contribution in [-0.2, 0) is 11.2 Å². The summed E-state index contributed by atoms with van der Waals surface area (Å²) in [5.41, 5.74) is 2.53. The minimum Gasteiger partial charge on any atom is -0.473 e. The number of amides is 1. The third-order valence-corrected chi connectivity index (χ3v) is 5.98. The summed E-state index contributed by atoms with van der Waals surface area (Å²) in [7, 11) is 0. The van der Waals surface area contributed by atoms with Gasteiger partial charge in [0.2, 0.25) is 11.8 Å². The fourth-order valence-corrected chi connectivity index (χ4v) is 4.44. The smallest absolute Gasteiger partial charge is 0.232 e. The first-order chi connectivity index (χ1) is 12.6. The molecule has 0 radical (unpaired) electrons. The van der Waals surface area contributed by atoms with Crippen molar-refractivity contribution in [2.75, 3.05) is 19.6 Å². The summed E-state index contributed by atoms with van der Waals surface area (Å²) >= 11 is 0. The number of hydrogen-bond acceptors (Lipinski definition) is 5. The summed E-state index contributed by atoms with van der Waals surface area (Å²) in [6.07, 6.45) is 4.21. The molecule has 1 aromatic rings. The van der Waals surface area contributed by atoms with Gasteiger partial charge >= 0.3 is 0 Å². The van der Waals surface area contributed by atoms with Crippen molar-refractivity contribution in [3.8, 4) is 11.9 Å². The minimum atomic E-state index is 0.0918. The molecule has 4 rings (SSSR count). The second-order valence-corrected chi connectivity index (χ2v) is 7.83. The molecular weight excluding hydrogens is 328 g/mol. The van der Waals surface area contributed by atoms with Gasteiger partial charge in [-0.2, -0.15) is 5.26 Å². The lowest BCUT2D eigenvalue weighted by molar-refractivity contribution is -0.129. The second kappa shape index (κ2) is 6.88. The lowest BCUT2D eigenvalue weighted by atomic mass is 9.95. The summed E-state index contributed by atoms with van der Waals surface area (Å²) in [4.78, 5) is 21.1. The summed E-state index contributed by atoms with van der Waals surface area (Å²) in [6.45, 7) is 7.21. The highest BCUT2D eigenvalue weighted by atomic mass is 16.5. The van der Waals surface area contributed by atoms with E-state index in [1.165, 1.54) is 0 Å². The second-order valence-electron chi connectivity index (χ2n) is 7.83. The number of pyridine rings is 1. The van der Waals surface area contributed by atoms with Crippen LogP contribution in [0.15, 0.2) is 6.07 Å². The van der Waals surface area contributed by atoms with E-state index in [2.05, 4.69) is 24.8 Å². The number of carbonyl (C=O) groups excluding carboxylic acids is 1. The molecule has 3 aliphatic rings. The number of aromatic nitrogens is 1. The van der Waals surface area contributed by atoms with Crippen LogP contribution in [-0.4, -0.2) is 52.5 Å². The van der Waals surface area contributed by atoms with Crippen molar-refractivity contribution < 1.29 is 9.53 Å². The predicted molar refractivity (Wildman–Crippen MR) is 96.7 cm³/mol. The van der Waals surface area contributed by atoms with Crippen LogP contribution in [0.3, 0.4) is 0 Å². The van der Waals surface area contributed by atoms with Gasteiger partial charge < -0.3 is 14.5 Å². The molecule has 2 saturated heterocycles. The molecule has 0 saturated carbocycles. The van der Waals surface area contributed by atoms with Gasteiger partial charge in [-0.05, 0) is 44.7 Å². The van der Waals surface area contributed by atoms with Gasteiger partial charge in [-0.1, -0.05) is 0 Å². The van der Waals surface area contributed by atoms with Gasteiger partial charge in [0.05, 0.1) is 11.7 Å². The first kappa shape index (κ1) is 17.3. The van der Waals surface area contributed by atoms with Crippen molar-refractivity contribution in [1.29, 1.82) is 5.26 Å². The van der Waals surface area contributed by atoms with Crippen molar-refractivity contribution in [3.63, 3.8) is 0 Å². The Balaban J connectivity index is 1.53. The van der Waals surface area contributed by atoms with Crippen molar-refractivity contribution >= 4 is 5.91 Å². The molecule has 0 aliphatic carbocycles. The number of ether oxygens (including phenoxy) is 1. The molecule has 1 aromatic heterocycles. The number of likely N-dealkylation sites (tertiary alicyclic amines) is 1. The minimum absolute atomic E-state index is 0.0918. The third kappa shape index (κ3) is 3.05. The van der Waals surface area contributed by atoms with E-state index in [0.717, 1.165) is 56.6 Å². The Hall–Kier alpha value is -2.13. The van der Waals surface area contributed by atoms with E-state index < -0.39 is 0 Å². The van der Waals surface area contributed by atoms with E-state index in [-0.39, 0.29) is 18.1 Å². The highest BCUT2D eigenvalue weighted by Gasteiger charge is 2.37. The Morgan fingerprint density at radius 1 is 1.23 bits per heavy atom. The van der Waals surface area contributed by atoms with Crippen molar-refractivity contribution in [2.45, 2.75) is 64.1 Å². The number of nitriles is 1. The molecule has 138 valence electrons. The fourth-order valence-electron chi connectivity index (χ4n) is 4.44. The van der Waals surface area contributed by atoms with E-state index in [1.54, 1.807) is 0 Å². The number of nitrogens with zero attached hydrogens (tertiary/aromatic N) is 4. The van der Waals surface area contributed by atoms with E-state index in [9.17, 15) is 10.1 Å². The molecular formula is C20H26N4O2. The molecule has 26 heavy (non-hydrogen) atoms. The summed E-state index contributed by atoms with van der Waals surface area (Å²) in [5.74, 6) is 0.698. The Labute approximate surface area is 154 Å². The summed E-state index contributed by atoms with van der Waals surface area (Å²) in [6, 6.07) is 4.82. The molecule has 0 aromatic carbocycles. The van der Waals surface area contributed by atoms with Crippen LogP contribution in [0.2, 0.25) is 0 Å². The molecule has 0 bridgehead atoms. The van der Waals surface area contributed by atoms with Crippen molar-refractivity contribution in [2.24, 2.45) is 0 Å². The van der Waals surface area contributed by atoms with Crippen LogP contribution in [0.1, 0.15) is 62.4 Å². The van der Waals surface area contributed by atoms with Crippen LogP contribution in [0.4, 0.5) is 0 Å². The highest BCUT2D eigenvalue weighted by Crippen LogP contribution is 2.39. The zero-order valence-corrected chi connectivity index (χ0v) is 15.6. The van der Waals surface area contributed by atoms with E-state index in [1.807, 2.05) is 11.0 Å². The van der Waals surface area contributed by atoms with Gasteiger partial charge in [-0.15, -0.1) is 0 Å². The maximum atomic E-state index is 12.0. The Morgan fingerprint density at radius 3 is 2.69 bits per heavy atom. The van der Waals surface area contributed by atoms with Gasteiger partial charge in [-0.25, -0.2) is 4.98 Å². The predicted octanol–water partition coefficient (Wildman–Crippen LogP) is 2.42.